The molecule has 7 N–H and O–H groups in total. The average Bonchev–Trinajstić information content (AvgIpc) is 3.66. The molecule has 1 saturated heterocycles. The van der Waals surface area contributed by atoms with Crippen molar-refractivity contribution in [1.82, 2.24) is 20.5 Å². The standard InChI is InChI=1S/C36H57FN4O4S.C5H11N.C2H5N.CH2O2/c1-9-11-13-14-18-41(33(43)15-12-10-2)31(24(3)4)21-32(45-25(5)42)35-40-30(23-46-35)34(44)39-27(22-36(6,7)8)19-26-16-17-29(38)28(37)20-26;1-2-4-6-5-3-1;1-2-3;2-1-3/h16-17,20,23-24,27,31-32H,9-15,18-19,21-22,38H2,1-8H3,(H,39,44);6H,1-5H2;2H,1,3H2;1H,(H,2,3). The number of aromatic nitrogens is 1. The molecule has 58 heavy (non-hydrogen) atoms. The molecule has 14 heteroatoms. The normalized spacial score (nSPS) is 13.8. The van der Waals surface area contributed by atoms with Crippen molar-refractivity contribution in [3.63, 3.8) is 0 Å². The molecule has 0 radical (unpaired) electrons. The zero-order valence-corrected chi connectivity index (χ0v) is 37.4. The van der Waals surface area contributed by atoms with E-state index in [4.69, 9.17) is 20.4 Å². The molecular formula is C44H75FN6O6S. The zero-order chi connectivity index (χ0) is 44.1. The number of carboxylic acid groups (broad SMARTS) is 1. The highest BCUT2D eigenvalue weighted by molar-refractivity contribution is 7.09. The number of nitrogens with zero attached hydrogens (tertiary/aromatic N) is 2. The number of ether oxygens (including phenoxy) is 1. The Hall–Kier alpha value is -4.04. The number of hydrogen-bond donors (Lipinski definition) is 5. The first-order valence-corrected chi connectivity index (χ1v) is 21.7. The Bertz CT molecular complexity index is 1440. The van der Waals surface area contributed by atoms with Gasteiger partial charge in [-0.3, -0.25) is 19.2 Å². The summed E-state index contributed by atoms with van der Waals surface area (Å²) in [5.74, 6) is -1.02. The lowest BCUT2D eigenvalue weighted by Gasteiger charge is -2.36. The number of esters is 1. The van der Waals surface area contributed by atoms with Gasteiger partial charge >= 0.3 is 5.97 Å². The number of carbonyl (C=O) groups excluding carboxylic acids is 3. The molecule has 0 bridgehead atoms. The van der Waals surface area contributed by atoms with Gasteiger partial charge in [0.2, 0.25) is 5.91 Å². The van der Waals surface area contributed by atoms with E-state index >= 15 is 0 Å². The second-order valence-corrected chi connectivity index (χ2v) is 17.0. The molecule has 2 amide bonds. The van der Waals surface area contributed by atoms with E-state index in [2.05, 4.69) is 76.4 Å². The van der Waals surface area contributed by atoms with Gasteiger partial charge in [-0.1, -0.05) is 93.2 Å². The molecule has 3 atom stereocenters. The third-order valence-corrected chi connectivity index (χ3v) is 10.2. The van der Waals surface area contributed by atoms with Crippen LogP contribution in [-0.4, -0.2) is 71.0 Å². The van der Waals surface area contributed by atoms with E-state index in [1.807, 2.05) is 4.90 Å². The molecule has 12 nitrogen and oxygen atoms in total. The number of anilines is 1. The summed E-state index contributed by atoms with van der Waals surface area (Å²) in [4.78, 5) is 54.2. The van der Waals surface area contributed by atoms with Crippen LogP contribution in [0.15, 0.2) is 36.4 Å². The summed E-state index contributed by atoms with van der Waals surface area (Å²) in [5, 5.41) is 15.5. The van der Waals surface area contributed by atoms with Crippen molar-refractivity contribution in [1.29, 1.82) is 0 Å². The fourth-order valence-electron chi connectivity index (χ4n) is 6.53. The van der Waals surface area contributed by atoms with Gasteiger partial charge in [-0.25, -0.2) is 9.37 Å². The van der Waals surface area contributed by atoms with Gasteiger partial charge in [0.15, 0.2) is 6.10 Å². The monoisotopic (exact) mass is 835 g/mol. The molecular weight excluding hydrogens is 760 g/mol. The van der Waals surface area contributed by atoms with Crippen LogP contribution in [0, 0.1) is 17.2 Å². The smallest absolute Gasteiger partial charge is 0.303 e. The number of nitrogens with one attached hydrogen (secondary N) is 2. The second kappa shape index (κ2) is 31.0. The van der Waals surface area contributed by atoms with E-state index in [1.54, 1.807) is 11.4 Å². The summed E-state index contributed by atoms with van der Waals surface area (Å²) in [6.07, 6.45) is 12.7. The van der Waals surface area contributed by atoms with Gasteiger partial charge in [-0.05, 0) is 86.8 Å². The number of rotatable bonds is 19. The zero-order valence-electron chi connectivity index (χ0n) is 36.6. The quantitative estimate of drug-likeness (QED) is 0.0396. The maximum absolute atomic E-state index is 14.2. The van der Waals surface area contributed by atoms with Gasteiger partial charge < -0.3 is 36.8 Å². The predicted octanol–water partition coefficient (Wildman–Crippen LogP) is 8.81. The fourth-order valence-corrected chi connectivity index (χ4v) is 7.37. The minimum atomic E-state index is -0.698. The first-order chi connectivity index (χ1) is 27.5. The van der Waals surface area contributed by atoms with Crippen molar-refractivity contribution < 1.29 is 33.4 Å². The van der Waals surface area contributed by atoms with E-state index in [-0.39, 0.29) is 53.1 Å². The molecule has 1 aromatic heterocycles. The first-order valence-electron chi connectivity index (χ1n) is 20.9. The minimum absolute atomic E-state index is 0.0853. The number of halogens is 1. The lowest BCUT2D eigenvalue weighted by molar-refractivity contribution is -0.148. The van der Waals surface area contributed by atoms with Crippen molar-refractivity contribution >= 4 is 41.3 Å². The van der Waals surface area contributed by atoms with Crippen LogP contribution in [0.1, 0.15) is 160 Å². The lowest BCUT2D eigenvalue weighted by atomic mass is 9.85. The number of benzene rings is 1. The summed E-state index contributed by atoms with van der Waals surface area (Å²) < 4.78 is 20.0. The van der Waals surface area contributed by atoms with Gasteiger partial charge in [0, 0.05) is 43.8 Å². The fraction of sp³-hybridized carbons (Fsp3) is 0.659. The molecule has 1 fully saturated rings. The molecule has 3 rings (SSSR count). The van der Waals surface area contributed by atoms with E-state index in [1.165, 1.54) is 68.9 Å². The van der Waals surface area contributed by atoms with Crippen molar-refractivity contribution in [3.8, 4) is 0 Å². The molecule has 3 unspecified atom stereocenters. The predicted molar refractivity (Wildman–Crippen MR) is 235 cm³/mol. The Balaban J connectivity index is 0.00000234. The highest BCUT2D eigenvalue weighted by atomic mass is 32.1. The van der Waals surface area contributed by atoms with Crippen LogP contribution in [0.3, 0.4) is 0 Å². The van der Waals surface area contributed by atoms with Gasteiger partial charge in [0.05, 0.1) is 5.69 Å². The second-order valence-electron chi connectivity index (χ2n) is 16.1. The maximum atomic E-state index is 14.2. The summed E-state index contributed by atoms with van der Waals surface area (Å²) in [6, 6.07) is 4.29. The molecule has 2 heterocycles. The SMILES string of the molecule is C1CCNCC1.C=CN.CCCCCCN(C(=O)CCCC)C(CC(OC(C)=O)c1nc(C(=O)NC(Cc2ccc(N)c(F)c2)CC(C)(C)C)cs1)C(C)C.O=CO. The Kier molecular flexibility index (Phi) is 28.8. The molecule has 0 aliphatic carbocycles. The minimum Gasteiger partial charge on any atom is -0.483 e. The number of carbonyl (C=O) groups is 4. The summed E-state index contributed by atoms with van der Waals surface area (Å²) in [7, 11) is 0. The van der Waals surface area contributed by atoms with Gasteiger partial charge in [0.1, 0.15) is 16.5 Å². The first kappa shape index (κ1) is 54.0. The number of thiazole rings is 1. The third kappa shape index (κ3) is 24.0. The van der Waals surface area contributed by atoms with Crippen LogP contribution >= 0.6 is 11.3 Å². The maximum Gasteiger partial charge on any atom is 0.303 e. The van der Waals surface area contributed by atoms with Crippen LogP contribution < -0.4 is 22.1 Å². The summed E-state index contributed by atoms with van der Waals surface area (Å²) in [5.41, 5.74) is 11.2. The number of amides is 2. The highest BCUT2D eigenvalue weighted by Gasteiger charge is 2.32. The Morgan fingerprint density at radius 1 is 1.10 bits per heavy atom. The number of unbranched alkanes of at least 4 members (excludes halogenated alkanes) is 4. The Labute approximate surface area is 352 Å². The van der Waals surface area contributed by atoms with Crippen LogP contribution in [0.2, 0.25) is 0 Å². The van der Waals surface area contributed by atoms with Crippen LogP contribution in [0.25, 0.3) is 0 Å². The van der Waals surface area contributed by atoms with E-state index < -0.39 is 17.9 Å². The van der Waals surface area contributed by atoms with Crippen LogP contribution in [0.5, 0.6) is 0 Å². The number of hydrogen-bond acceptors (Lipinski definition) is 10. The topological polar surface area (TPSA) is 190 Å². The Morgan fingerprint density at radius 3 is 2.21 bits per heavy atom. The molecule has 0 saturated carbocycles. The number of nitrogen functional groups attached to an aromatic ring is 1. The van der Waals surface area contributed by atoms with E-state index in [0.29, 0.717) is 37.2 Å². The molecule has 0 spiro atoms. The van der Waals surface area contributed by atoms with Crippen molar-refractivity contribution in [2.75, 3.05) is 25.4 Å². The molecule has 1 aliphatic rings. The molecule has 2 aromatic rings. The van der Waals surface area contributed by atoms with Gasteiger partial charge in [-0.15, -0.1) is 11.3 Å². The molecule has 1 aromatic carbocycles. The third-order valence-electron chi connectivity index (χ3n) is 9.23. The lowest BCUT2D eigenvalue weighted by Crippen LogP contribution is -2.45. The van der Waals surface area contributed by atoms with Gasteiger partial charge in [0.25, 0.3) is 12.4 Å². The molecule has 1 aliphatic heterocycles. The van der Waals surface area contributed by atoms with Crippen molar-refractivity contribution in [2.24, 2.45) is 17.1 Å². The molecule has 330 valence electrons. The van der Waals surface area contributed by atoms with Gasteiger partial charge in [-0.2, -0.15) is 0 Å². The van der Waals surface area contributed by atoms with E-state index in [0.717, 1.165) is 44.1 Å². The largest absolute Gasteiger partial charge is 0.483 e. The summed E-state index contributed by atoms with van der Waals surface area (Å²) in [6.45, 7) is 22.1. The highest BCUT2D eigenvalue weighted by Crippen LogP contribution is 2.32. The van der Waals surface area contributed by atoms with Crippen molar-refractivity contribution in [3.05, 3.63) is 58.4 Å². The average molecular weight is 835 g/mol. The summed E-state index contributed by atoms with van der Waals surface area (Å²) >= 11 is 1.27. The van der Waals surface area contributed by atoms with Crippen molar-refractivity contribution in [2.45, 2.75) is 157 Å². The number of nitrogens with two attached hydrogens (primary N) is 2. The van der Waals surface area contributed by atoms with E-state index in [9.17, 15) is 18.8 Å². The number of piperidine rings is 1. The Morgan fingerprint density at radius 2 is 1.72 bits per heavy atom. The van der Waals surface area contributed by atoms with Crippen LogP contribution in [-0.2, 0) is 25.5 Å². The van der Waals surface area contributed by atoms with Crippen LogP contribution in [0.4, 0.5) is 10.1 Å².